The number of morpholine rings is 1. The van der Waals surface area contributed by atoms with E-state index in [1.807, 2.05) is 48.5 Å². The van der Waals surface area contributed by atoms with E-state index in [4.69, 9.17) is 9.72 Å². The summed E-state index contributed by atoms with van der Waals surface area (Å²) in [6, 6.07) is 16.4. The Morgan fingerprint density at radius 1 is 1.06 bits per heavy atom. The molecule has 0 radical (unpaired) electrons. The highest BCUT2D eigenvalue weighted by molar-refractivity contribution is 7.22. The van der Waals surface area contributed by atoms with E-state index in [-0.39, 0.29) is 5.91 Å². The molecular formula is C24H28N4O2S. The Kier molecular flexibility index (Phi) is 6.15. The zero-order valence-electron chi connectivity index (χ0n) is 17.6. The minimum Gasteiger partial charge on any atom is -0.379 e. The van der Waals surface area contributed by atoms with E-state index in [1.165, 1.54) is 12.8 Å². The molecule has 2 aliphatic rings. The standard InChI is InChI=1S/C24H28N4O2S/c29-23(25-17-18-4-2-1-3-5-18)19-6-7-21-22(16-19)31-24(26-21)28-10-8-20(9-11-28)27-12-14-30-15-13-27/h1-7,16,20H,8-15,17H2,(H,25,29). The molecule has 2 fully saturated rings. The van der Waals surface area contributed by atoms with Crippen molar-refractivity contribution in [3.05, 3.63) is 59.7 Å². The van der Waals surface area contributed by atoms with Crippen LogP contribution < -0.4 is 10.2 Å². The van der Waals surface area contributed by atoms with Crippen LogP contribution in [0, 0.1) is 0 Å². The number of rotatable bonds is 5. The predicted octanol–water partition coefficient (Wildman–Crippen LogP) is 3.53. The topological polar surface area (TPSA) is 57.7 Å². The van der Waals surface area contributed by atoms with Gasteiger partial charge in [0.15, 0.2) is 5.13 Å². The van der Waals surface area contributed by atoms with E-state index in [0.717, 1.165) is 60.3 Å². The highest BCUT2D eigenvalue weighted by Gasteiger charge is 2.27. The Balaban J connectivity index is 1.22. The van der Waals surface area contributed by atoms with Gasteiger partial charge in [-0.15, -0.1) is 0 Å². The van der Waals surface area contributed by atoms with Gasteiger partial charge in [-0.25, -0.2) is 4.98 Å². The molecule has 0 saturated carbocycles. The first-order valence-electron chi connectivity index (χ1n) is 11.1. The molecule has 0 atom stereocenters. The fraction of sp³-hybridized carbons (Fsp3) is 0.417. The van der Waals surface area contributed by atoms with Crippen LogP contribution in [0.5, 0.6) is 0 Å². The Bertz CT molecular complexity index is 1020. The lowest BCUT2D eigenvalue weighted by atomic mass is 10.0. The Labute approximate surface area is 186 Å². The van der Waals surface area contributed by atoms with Crippen LogP contribution in [0.2, 0.25) is 0 Å². The van der Waals surface area contributed by atoms with E-state index in [2.05, 4.69) is 15.1 Å². The van der Waals surface area contributed by atoms with Gasteiger partial charge in [0.05, 0.1) is 23.4 Å². The molecule has 5 rings (SSSR count). The van der Waals surface area contributed by atoms with Crippen LogP contribution in [0.3, 0.4) is 0 Å². The molecule has 2 saturated heterocycles. The summed E-state index contributed by atoms with van der Waals surface area (Å²) in [5.74, 6) is -0.0490. The second-order valence-corrected chi connectivity index (χ2v) is 9.22. The summed E-state index contributed by atoms with van der Waals surface area (Å²) in [5, 5.41) is 4.07. The second-order valence-electron chi connectivity index (χ2n) is 8.21. The number of fused-ring (bicyclic) bond motifs is 1. The first kappa shape index (κ1) is 20.4. The van der Waals surface area contributed by atoms with Gasteiger partial charge in [0.2, 0.25) is 0 Å². The third-order valence-corrected chi connectivity index (χ3v) is 7.31. The van der Waals surface area contributed by atoms with Crippen molar-refractivity contribution in [3.8, 4) is 0 Å². The Hall–Kier alpha value is -2.48. The van der Waals surface area contributed by atoms with Crippen LogP contribution in [-0.4, -0.2) is 61.2 Å². The normalized spacial score (nSPS) is 18.4. The van der Waals surface area contributed by atoms with Crippen LogP contribution in [0.1, 0.15) is 28.8 Å². The highest BCUT2D eigenvalue weighted by Crippen LogP contribution is 2.32. The number of aromatic nitrogens is 1. The maximum atomic E-state index is 12.6. The summed E-state index contributed by atoms with van der Waals surface area (Å²) in [6.45, 7) is 6.43. The van der Waals surface area contributed by atoms with Crippen LogP contribution in [0.15, 0.2) is 48.5 Å². The SMILES string of the molecule is O=C(NCc1ccccc1)c1ccc2nc(N3CCC(N4CCOCC4)CC3)sc2c1. The molecule has 1 amide bonds. The van der Waals surface area contributed by atoms with Crippen LogP contribution in [0.4, 0.5) is 5.13 Å². The smallest absolute Gasteiger partial charge is 0.251 e. The van der Waals surface area contributed by atoms with Crippen LogP contribution in [0.25, 0.3) is 10.2 Å². The van der Waals surface area contributed by atoms with Gasteiger partial charge >= 0.3 is 0 Å². The summed E-state index contributed by atoms with van der Waals surface area (Å²) in [4.78, 5) is 22.4. The molecule has 31 heavy (non-hydrogen) atoms. The quantitative estimate of drug-likeness (QED) is 0.663. The fourth-order valence-corrected chi connectivity index (χ4v) is 5.49. The molecule has 1 N–H and O–H groups in total. The second kappa shape index (κ2) is 9.34. The molecule has 2 aliphatic heterocycles. The molecule has 162 valence electrons. The lowest BCUT2D eigenvalue weighted by molar-refractivity contribution is 0.0115. The van der Waals surface area contributed by atoms with Gasteiger partial charge in [-0.3, -0.25) is 9.69 Å². The number of nitrogens with one attached hydrogen (secondary N) is 1. The number of carbonyl (C=O) groups excluding carboxylic acids is 1. The molecular weight excluding hydrogens is 408 g/mol. The summed E-state index contributed by atoms with van der Waals surface area (Å²) in [5.41, 5.74) is 2.75. The molecule has 3 aromatic rings. The first-order chi connectivity index (χ1) is 15.3. The number of amides is 1. The van der Waals surface area contributed by atoms with E-state index in [1.54, 1.807) is 11.3 Å². The molecule has 0 spiro atoms. The molecule has 1 aromatic heterocycles. The van der Waals surface area contributed by atoms with Crippen molar-refractivity contribution in [1.82, 2.24) is 15.2 Å². The first-order valence-corrected chi connectivity index (χ1v) is 11.9. The summed E-state index contributed by atoms with van der Waals surface area (Å²) >= 11 is 1.69. The molecule has 0 unspecified atom stereocenters. The number of ether oxygens (including phenoxy) is 1. The number of thiazole rings is 1. The minimum absolute atomic E-state index is 0.0490. The molecule has 7 heteroatoms. The number of piperidine rings is 1. The average molecular weight is 437 g/mol. The third-order valence-electron chi connectivity index (χ3n) is 6.23. The molecule has 6 nitrogen and oxygen atoms in total. The Morgan fingerprint density at radius 2 is 1.84 bits per heavy atom. The van der Waals surface area contributed by atoms with Gasteiger partial charge < -0.3 is 15.0 Å². The lowest BCUT2D eigenvalue weighted by Crippen LogP contribution is -2.49. The fourth-order valence-electron chi connectivity index (χ4n) is 4.43. The van der Waals surface area contributed by atoms with Crippen molar-refractivity contribution in [2.24, 2.45) is 0 Å². The number of carbonyl (C=O) groups is 1. The number of hydrogen-bond acceptors (Lipinski definition) is 6. The lowest BCUT2D eigenvalue weighted by Gasteiger charge is -2.40. The number of anilines is 1. The monoisotopic (exact) mass is 436 g/mol. The largest absolute Gasteiger partial charge is 0.379 e. The van der Waals surface area contributed by atoms with Gasteiger partial charge in [-0.05, 0) is 36.6 Å². The molecule has 3 heterocycles. The predicted molar refractivity (Wildman–Crippen MR) is 125 cm³/mol. The maximum Gasteiger partial charge on any atom is 0.251 e. The number of hydrogen-bond donors (Lipinski definition) is 1. The number of nitrogens with zero attached hydrogens (tertiary/aromatic N) is 3. The highest BCUT2D eigenvalue weighted by atomic mass is 32.1. The molecule has 0 aliphatic carbocycles. The van der Waals surface area contributed by atoms with Crippen molar-refractivity contribution >= 4 is 32.6 Å². The average Bonchev–Trinajstić information content (AvgIpc) is 3.27. The van der Waals surface area contributed by atoms with Crippen LogP contribution >= 0.6 is 11.3 Å². The molecule has 0 bridgehead atoms. The number of benzene rings is 2. The summed E-state index contributed by atoms with van der Waals surface area (Å²) in [7, 11) is 0. The summed E-state index contributed by atoms with van der Waals surface area (Å²) in [6.07, 6.45) is 2.34. The van der Waals surface area contributed by atoms with Crippen molar-refractivity contribution in [2.45, 2.75) is 25.4 Å². The van der Waals surface area contributed by atoms with Gasteiger partial charge in [-0.2, -0.15) is 0 Å². The van der Waals surface area contributed by atoms with Gasteiger partial charge in [0.25, 0.3) is 5.91 Å². The van der Waals surface area contributed by atoms with E-state index in [0.29, 0.717) is 18.2 Å². The van der Waals surface area contributed by atoms with Gasteiger partial charge in [0.1, 0.15) is 0 Å². The maximum absolute atomic E-state index is 12.6. The molecule has 2 aromatic carbocycles. The van der Waals surface area contributed by atoms with Crippen molar-refractivity contribution in [2.75, 3.05) is 44.3 Å². The summed E-state index contributed by atoms with van der Waals surface area (Å²) < 4.78 is 6.56. The zero-order valence-corrected chi connectivity index (χ0v) is 18.4. The van der Waals surface area contributed by atoms with Gasteiger partial charge in [-0.1, -0.05) is 41.7 Å². The van der Waals surface area contributed by atoms with Crippen molar-refractivity contribution in [1.29, 1.82) is 0 Å². The van der Waals surface area contributed by atoms with Crippen molar-refractivity contribution in [3.63, 3.8) is 0 Å². The van der Waals surface area contributed by atoms with E-state index >= 15 is 0 Å². The van der Waals surface area contributed by atoms with Gasteiger partial charge in [0, 0.05) is 44.3 Å². The Morgan fingerprint density at radius 3 is 2.61 bits per heavy atom. The zero-order chi connectivity index (χ0) is 21.0. The van der Waals surface area contributed by atoms with Crippen LogP contribution in [-0.2, 0) is 11.3 Å². The van der Waals surface area contributed by atoms with E-state index in [9.17, 15) is 4.79 Å². The van der Waals surface area contributed by atoms with Crippen molar-refractivity contribution < 1.29 is 9.53 Å². The third kappa shape index (κ3) is 4.74. The minimum atomic E-state index is -0.0490. The van der Waals surface area contributed by atoms with E-state index < -0.39 is 0 Å².